The smallest absolute Gasteiger partial charge is 0.252 e. The lowest BCUT2D eigenvalue weighted by Crippen LogP contribution is -2.33. The fraction of sp³-hybridized carbons (Fsp3) is 0.417. The van der Waals surface area contributed by atoms with Gasteiger partial charge in [0.2, 0.25) is 0 Å². The Bertz CT molecular complexity index is 398. The molecule has 1 rings (SSSR count). The molecule has 0 aliphatic heterocycles. The van der Waals surface area contributed by atoms with E-state index in [0.29, 0.717) is 0 Å². The van der Waals surface area contributed by atoms with E-state index in [2.05, 4.69) is 59.8 Å². The average Bonchev–Trinajstić information content (AvgIpc) is 2.29. The number of halogens is 3. The summed E-state index contributed by atoms with van der Waals surface area (Å²) in [6.45, 7) is 2.03. The molecule has 5 heteroatoms. The molecule has 0 heterocycles. The normalized spacial score (nSPS) is 12.2. The van der Waals surface area contributed by atoms with Gasteiger partial charge in [-0.3, -0.25) is 4.79 Å². The minimum absolute atomic E-state index is 0.00206. The molecule has 0 radical (unpaired) electrons. The number of carbonyl (C=O) groups is 1. The maximum atomic E-state index is 12.0. The van der Waals surface area contributed by atoms with Gasteiger partial charge in [0, 0.05) is 19.4 Å². The average molecular weight is 475 g/mol. The van der Waals surface area contributed by atoms with E-state index in [4.69, 9.17) is 0 Å². The fourth-order valence-electron chi connectivity index (χ4n) is 1.43. The first-order chi connectivity index (χ1) is 8.04. The van der Waals surface area contributed by atoms with Gasteiger partial charge in [0.1, 0.15) is 0 Å². The predicted octanol–water partition coefficient (Wildman–Crippen LogP) is 4.35. The fourth-order valence-corrected chi connectivity index (χ4v) is 2.69. The maximum absolute atomic E-state index is 12.0. The quantitative estimate of drug-likeness (QED) is 0.499. The van der Waals surface area contributed by atoms with Crippen molar-refractivity contribution in [2.24, 2.45) is 0 Å². The molecule has 0 spiro atoms. The third-order valence-corrected chi connectivity index (χ3v) is 4.32. The van der Waals surface area contributed by atoms with Gasteiger partial charge in [-0.05, 0) is 60.6 Å². The van der Waals surface area contributed by atoms with Crippen LogP contribution in [-0.2, 0) is 0 Å². The van der Waals surface area contributed by atoms with Gasteiger partial charge in [-0.15, -0.1) is 0 Å². The topological polar surface area (TPSA) is 29.1 Å². The molecular formula is C12H14Br2INO. The molecular weight excluding hydrogens is 461 g/mol. The second-order valence-electron chi connectivity index (χ2n) is 3.83. The minimum atomic E-state index is -0.00206. The van der Waals surface area contributed by atoms with Crippen LogP contribution in [0, 0.1) is 3.57 Å². The van der Waals surface area contributed by atoms with Gasteiger partial charge < -0.3 is 5.32 Å². The van der Waals surface area contributed by atoms with Crippen molar-refractivity contribution in [1.29, 1.82) is 0 Å². The molecule has 94 valence electrons. The van der Waals surface area contributed by atoms with E-state index in [1.165, 1.54) is 0 Å². The summed E-state index contributed by atoms with van der Waals surface area (Å²) < 4.78 is 1.90. The number of hydrogen-bond donors (Lipinski definition) is 1. The van der Waals surface area contributed by atoms with Crippen LogP contribution in [0.2, 0.25) is 0 Å². The number of benzene rings is 1. The van der Waals surface area contributed by atoms with Crippen molar-refractivity contribution in [3.63, 3.8) is 0 Å². The van der Waals surface area contributed by atoms with Gasteiger partial charge in [0.15, 0.2) is 0 Å². The highest BCUT2D eigenvalue weighted by Crippen LogP contribution is 2.18. The lowest BCUT2D eigenvalue weighted by atomic mass is 10.1. The maximum Gasteiger partial charge on any atom is 0.252 e. The number of alkyl halides is 1. The van der Waals surface area contributed by atoms with Gasteiger partial charge in [-0.25, -0.2) is 0 Å². The first kappa shape index (κ1) is 15.4. The minimum Gasteiger partial charge on any atom is -0.350 e. The van der Waals surface area contributed by atoms with Crippen LogP contribution in [0.1, 0.15) is 30.1 Å². The van der Waals surface area contributed by atoms with Crippen molar-refractivity contribution in [1.82, 2.24) is 5.32 Å². The van der Waals surface area contributed by atoms with Crippen LogP contribution in [0.3, 0.4) is 0 Å². The largest absolute Gasteiger partial charge is 0.350 e. The van der Waals surface area contributed by atoms with Gasteiger partial charge in [-0.2, -0.15) is 0 Å². The third-order valence-electron chi connectivity index (χ3n) is 2.32. The van der Waals surface area contributed by atoms with E-state index in [-0.39, 0.29) is 11.9 Å². The Hall–Kier alpha value is 0.380. The lowest BCUT2D eigenvalue weighted by Gasteiger charge is -2.14. The van der Waals surface area contributed by atoms with Crippen molar-refractivity contribution >= 4 is 60.4 Å². The molecule has 1 aromatic rings. The van der Waals surface area contributed by atoms with E-state index in [1.807, 2.05) is 25.1 Å². The number of amides is 1. The van der Waals surface area contributed by atoms with Crippen LogP contribution in [0.5, 0.6) is 0 Å². The van der Waals surface area contributed by atoms with Crippen LogP contribution in [0.4, 0.5) is 0 Å². The molecule has 1 aromatic carbocycles. The zero-order valence-corrected chi connectivity index (χ0v) is 14.8. The molecule has 2 nitrogen and oxygen atoms in total. The first-order valence-electron chi connectivity index (χ1n) is 5.36. The van der Waals surface area contributed by atoms with Crippen LogP contribution in [0.25, 0.3) is 0 Å². The Kier molecular flexibility index (Phi) is 7.02. The van der Waals surface area contributed by atoms with Crippen LogP contribution in [0.15, 0.2) is 22.7 Å². The molecule has 1 atom stereocenters. The molecule has 1 N–H and O–H groups in total. The zero-order valence-electron chi connectivity index (χ0n) is 9.47. The summed E-state index contributed by atoms with van der Waals surface area (Å²) in [7, 11) is 0. The summed E-state index contributed by atoms with van der Waals surface area (Å²) in [5.41, 5.74) is 0.727. The summed E-state index contributed by atoms with van der Waals surface area (Å²) in [6, 6.07) is 5.93. The number of hydrogen-bond acceptors (Lipinski definition) is 1. The Morgan fingerprint density at radius 3 is 2.88 bits per heavy atom. The molecule has 0 saturated carbocycles. The number of carbonyl (C=O) groups excluding carboxylic acids is 1. The van der Waals surface area contributed by atoms with E-state index in [1.54, 1.807) is 0 Å². The first-order valence-corrected chi connectivity index (χ1v) is 8.35. The van der Waals surface area contributed by atoms with Crippen molar-refractivity contribution < 1.29 is 4.79 Å². The highest BCUT2D eigenvalue weighted by molar-refractivity contribution is 14.1. The van der Waals surface area contributed by atoms with Gasteiger partial charge >= 0.3 is 0 Å². The molecule has 0 saturated heterocycles. The highest BCUT2D eigenvalue weighted by atomic mass is 127. The van der Waals surface area contributed by atoms with Crippen LogP contribution >= 0.6 is 54.5 Å². The summed E-state index contributed by atoms with van der Waals surface area (Å²) >= 11 is 8.95. The van der Waals surface area contributed by atoms with E-state index < -0.39 is 0 Å². The summed E-state index contributed by atoms with van der Waals surface area (Å²) in [5, 5.41) is 3.99. The molecule has 0 bridgehead atoms. The van der Waals surface area contributed by atoms with E-state index in [9.17, 15) is 4.79 Å². The molecule has 0 fully saturated rings. The molecule has 17 heavy (non-hydrogen) atoms. The van der Waals surface area contributed by atoms with E-state index in [0.717, 1.165) is 31.8 Å². The molecule has 1 unspecified atom stereocenters. The Morgan fingerprint density at radius 1 is 1.53 bits per heavy atom. The van der Waals surface area contributed by atoms with E-state index >= 15 is 0 Å². The lowest BCUT2D eigenvalue weighted by molar-refractivity contribution is 0.0937. The summed E-state index contributed by atoms with van der Waals surface area (Å²) in [6.07, 6.45) is 2.05. The van der Waals surface area contributed by atoms with Crippen LogP contribution < -0.4 is 5.32 Å². The zero-order chi connectivity index (χ0) is 12.8. The Morgan fingerprint density at radius 2 is 2.24 bits per heavy atom. The van der Waals surface area contributed by atoms with Gasteiger partial charge in [0.05, 0.1) is 5.56 Å². The Balaban J connectivity index is 2.66. The third kappa shape index (κ3) is 5.26. The summed E-state index contributed by atoms with van der Waals surface area (Å²) in [4.78, 5) is 12.0. The predicted molar refractivity (Wildman–Crippen MR) is 86.8 cm³/mol. The Labute approximate surface area is 132 Å². The number of nitrogens with one attached hydrogen (secondary N) is 1. The summed E-state index contributed by atoms with van der Waals surface area (Å²) in [5.74, 6) is -0.00206. The van der Waals surface area contributed by atoms with Crippen molar-refractivity contribution in [3.05, 3.63) is 31.8 Å². The highest BCUT2D eigenvalue weighted by Gasteiger charge is 2.12. The van der Waals surface area contributed by atoms with Crippen molar-refractivity contribution in [2.75, 3.05) is 5.33 Å². The molecule has 0 aliphatic carbocycles. The molecule has 1 amide bonds. The number of rotatable bonds is 5. The second-order valence-corrected chi connectivity index (χ2v) is 6.70. The van der Waals surface area contributed by atoms with Crippen molar-refractivity contribution in [2.45, 2.75) is 25.8 Å². The SMILES string of the molecule is CC(CCCBr)NC(=O)c1cc(Br)ccc1I. The van der Waals surface area contributed by atoms with Crippen molar-refractivity contribution in [3.8, 4) is 0 Å². The molecule has 0 aliphatic rings. The van der Waals surface area contributed by atoms with Gasteiger partial charge in [-0.1, -0.05) is 31.9 Å². The standard InChI is InChI=1S/C12H14Br2INO/c1-8(3-2-6-13)16-12(17)10-7-9(14)4-5-11(10)15/h4-5,7-8H,2-3,6H2,1H3,(H,16,17). The monoisotopic (exact) mass is 473 g/mol. The second kappa shape index (κ2) is 7.74. The molecule has 0 aromatic heterocycles. The van der Waals surface area contributed by atoms with Gasteiger partial charge in [0.25, 0.3) is 5.91 Å². The van der Waals surface area contributed by atoms with Crippen LogP contribution in [-0.4, -0.2) is 17.3 Å².